The highest BCUT2D eigenvalue weighted by molar-refractivity contribution is 8.18. The molecule has 0 unspecified atom stereocenters. The number of hydrogen-bond donors (Lipinski definition) is 0. The van der Waals surface area contributed by atoms with Crippen LogP contribution in [0.5, 0.6) is 11.5 Å². The van der Waals surface area contributed by atoms with Crippen LogP contribution < -0.4 is 9.47 Å². The first-order chi connectivity index (χ1) is 13.5. The fourth-order valence-electron chi connectivity index (χ4n) is 2.76. The van der Waals surface area contributed by atoms with Crippen molar-refractivity contribution in [1.82, 2.24) is 4.90 Å². The molecule has 0 aliphatic carbocycles. The van der Waals surface area contributed by atoms with Crippen molar-refractivity contribution in [1.29, 1.82) is 0 Å². The van der Waals surface area contributed by atoms with Gasteiger partial charge < -0.3 is 9.47 Å². The minimum Gasteiger partial charge on any atom is -0.490 e. The van der Waals surface area contributed by atoms with E-state index in [0.717, 1.165) is 22.9 Å². The first-order valence-electron chi connectivity index (χ1n) is 8.91. The van der Waals surface area contributed by atoms with Gasteiger partial charge in [0.25, 0.3) is 11.1 Å². The maximum Gasteiger partial charge on any atom is 0.293 e. The van der Waals surface area contributed by atoms with Gasteiger partial charge in [-0.15, -0.1) is 0 Å². The lowest BCUT2D eigenvalue weighted by Crippen LogP contribution is -2.27. The summed E-state index contributed by atoms with van der Waals surface area (Å²) in [5, 5.41) is 0.269. The third-order valence-electron chi connectivity index (χ3n) is 3.97. The van der Waals surface area contributed by atoms with Crippen molar-refractivity contribution in [2.45, 2.75) is 20.4 Å². The van der Waals surface area contributed by atoms with Crippen molar-refractivity contribution in [3.8, 4) is 11.5 Å². The zero-order valence-corrected chi connectivity index (χ0v) is 17.2. The SMILES string of the molecule is CCOc1ccc(/C=C2\SC(=O)N(Cc3cccc(Cl)c3)C2=O)cc1OCC. The predicted molar refractivity (Wildman–Crippen MR) is 112 cm³/mol. The highest BCUT2D eigenvalue weighted by Gasteiger charge is 2.35. The van der Waals surface area contributed by atoms with E-state index >= 15 is 0 Å². The summed E-state index contributed by atoms with van der Waals surface area (Å²) in [6, 6.07) is 12.6. The van der Waals surface area contributed by atoms with Gasteiger partial charge in [-0.3, -0.25) is 14.5 Å². The summed E-state index contributed by atoms with van der Waals surface area (Å²) in [6.45, 7) is 5.01. The number of carbonyl (C=O) groups excluding carboxylic acids is 2. The van der Waals surface area contributed by atoms with Crippen molar-refractivity contribution in [3.63, 3.8) is 0 Å². The molecule has 0 spiro atoms. The van der Waals surface area contributed by atoms with Crippen LogP contribution in [-0.2, 0) is 11.3 Å². The van der Waals surface area contributed by atoms with E-state index in [0.29, 0.717) is 34.6 Å². The monoisotopic (exact) mass is 417 g/mol. The van der Waals surface area contributed by atoms with E-state index in [2.05, 4.69) is 0 Å². The average molecular weight is 418 g/mol. The molecular formula is C21H20ClNO4S. The fraction of sp³-hybridized carbons (Fsp3) is 0.238. The Morgan fingerprint density at radius 2 is 1.79 bits per heavy atom. The van der Waals surface area contributed by atoms with E-state index in [1.165, 1.54) is 4.90 Å². The summed E-state index contributed by atoms with van der Waals surface area (Å²) in [5.41, 5.74) is 1.57. The molecule has 3 rings (SSSR count). The summed E-state index contributed by atoms with van der Waals surface area (Å²) in [4.78, 5) is 26.6. The van der Waals surface area contributed by atoms with Gasteiger partial charge in [0.1, 0.15) is 0 Å². The Hall–Kier alpha value is -2.44. The Morgan fingerprint density at radius 3 is 2.50 bits per heavy atom. The summed E-state index contributed by atoms with van der Waals surface area (Å²) in [7, 11) is 0. The number of hydrogen-bond acceptors (Lipinski definition) is 5. The third kappa shape index (κ3) is 4.69. The molecule has 1 fully saturated rings. The highest BCUT2D eigenvalue weighted by Crippen LogP contribution is 2.35. The molecule has 146 valence electrons. The lowest BCUT2D eigenvalue weighted by Gasteiger charge is -2.12. The van der Waals surface area contributed by atoms with Gasteiger partial charge in [0, 0.05) is 5.02 Å². The highest BCUT2D eigenvalue weighted by atomic mass is 35.5. The zero-order valence-electron chi connectivity index (χ0n) is 15.6. The summed E-state index contributed by atoms with van der Waals surface area (Å²) in [5.74, 6) is 0.939. The Bertz CT molecular complexity index is 928. The minimum absolute atomic E-state index is 0.191. The Balaban J connectivity index is 1.82. The van der Waals surface area contributed by atoms with Crippen molar-refractivity contribution in [3.05, 3.63) is 63.5 Å². The Labute approximate surface area is 173 Å². The molecule has 5 nitrogen and oxygen atoms in total. The first-order valence-corrected chi connectivity index (χ1v) is 10.1. The Morgan fingerprint density at radius 1 is 1.04 bits per heavy atom. The topological polar surface area (TPSA) is 55.8 Å². The predicted octanol–water partition coefficient (Wildman–Crippen LogP) is 5.37. The van der Waals surface area contributed by atoms with Crippen LogP contribution in [0.15, 0.2) is 47.4 Å². The number of carbonyl (C=O) groups is 2. The van der Waals surface area contributed by atoms with Gasteiger partial charge in [-0.1, -0.05) is 29.8 Å². The van der Waals surface area contributed by atoms with Crippen molar-refractivity contribution in [2.24, 2.45) is 0 Å². The minimum atomic E-state index is -0.318. The molecule has 1 aliphatic rings. The lowest BCUT2D eigenvalue weighted by atomic mass is 10.1. The third-order valence-corrected chi connectivity index (χ3v) is 5.11. The molecule has 0 atom stereocenters. The Kier molecular flexibility index (Phi) is 6.65. The van der Waals surface area contributed by atoms with Gasteiger partial charge in [0.2, 0.25) is 0 Å². The molecule has 0 N–H and O–H groups in total. The number of halogens is 1. The second-order valence-corrected chi connectivity index (χ2v) is 7.40. The van der Waals surface area contributed by atoms with Crippen LogP contribution in [0, 0.1) is 0 Å². The normalized spacial score (nSPS) is 15.4. The molecular weight excluding hydrogens is 398 g/mol. The van der Waals surface area contributed by atoms with Gasteiger partial charge in [0.05, 0.1) is 24.7 Å². The zero-order chi connectivity index (χ0) is 20.1. The molecule has 0 aromatic heterocycles. The van der Waals surface area contributed by atoms with E-state index in [9.17, 15) is 9.59 Å². The van der Waals surface area contributed by atoms with Gasteiger partial charge in [-0.25, -0.2) is 0 Å². The number of benzene rings is 2. The van der Waals surface area contributed by atoms with Gasteiger partial charge in [-0.2, -0.15) is 0 Å². The largest absolute Gasteiger partial charge is 0.490 e. The molecule has 1 saturated heterocycles. The van der Waals surface area contributed by atoms with Gasteiger partial charge >= 0.3 is 0 Å². The first kappa shape index (κ1) is 20.3. The molecule has 28 heavy (non-hydrogen) atoms. The van der Waals surface area contributed by atoms with Crippen molar-refractivity contribution in [2.75, 3.05) is 13.2 Å². The molecule has 2 amide bonds. The van der Waals surface area contributed by atoms with E-state index in [1.807, 2.05) is 26.0 Å². The lowest BCUT2D eigenvalue weighted by molar-refractivity contribution is -0.123. The summed E-state index contributed by atoms with van der Waals surface area (Å²) < 4.78 is 11.2. The van der Waals surface area contributed by atoms with Crippen LogP contribution in [0.2, 0.25) is 5.02 Å². The van der Waals surface area contributed by atoms with Crippen LogP contribution >= 0.6 is 23.4 Å². The van der Waals surface area contributed by atoms with Crippen LogP contribution in [-0.4, -0.2) is 29.3 Å². The molecule has 0 radical (unpaired) electrons. The molecule has 2 aromatic carbocycles. The maximum atomic E-state index is 12.7. The second-order valence-electron chi connectivity index (χ2n) is 5.97. The van der Waals surface area contributed by atoms with Crippen molar-refractivity contribution >= 4 is 40.6 Å². The van der Waals surface area contributed by atoms with Crippen LogP contribution in [0.1, 0.15) is 25.0 Å². The van der Waals surface area contributed by atoms with E-state index in [-0.39, 0.29) is 17.7 Å². The van der Waals surface area contributed by atoms with E-state index in [4.69, 9.17) is 21.1 Å². The maximum absolute atomic E-state index is 12.7. The molecule has 2 aromatic rings. The second kappa shape index (κ2) is 9.17. The van der Waals surface area contributed by atoms with E-state index in [1.54, 1.807) is 36.4 Å². The van der Waals surface area contributed by atoms with Crippen LogP contribution in [0.25, 0.3) is 6.08 Å². The van der Waals surface area contributed by atoms with Crippen LogP contribution in [0.3, 0.4) is 0 Å². The number of thioether (sulfide) groups is 1. The summed E-state index contributed by atoms with van der Waals surface area (Å²) >= 11 is 6.91. The molecule has 7 heteroatoms. The molecule has 0 bridgehead atoms. The number of ether oxygens (including phenoxy) is 2. The quantitative estimate of drug-likeness (QED) is 0.566. The number of nitrogens with zero attached hydrogens (tertiary/aromatic N) is 1. The summed E-state index contributed by atoms with van der Waals surface area (Å²) in [6.07, 6.45) is 1.70. The van der Waals surface area contributed by atoms with Crippen LogP contribution in [0.4, 0.5) is 4.79 Å². The molecule has 1 heterocycles. The molecule has 1 aliphatic heterocycles. The fourth-order valence-corrected chi connectivity index (χ4v) is 3.81. The number of rotatable bonds is 7. The smallest absolute Gasteiger partial charge is 0.293 e. The van der Waals surface area contributed by atoms with E-state index < -0.39 is 0 Å². The number of imide groups is 1. The van der Waals surface area contributed by atoms with Gasteiger partial charge in [-0.05, 0) is 67.1 Å². The molecule has 0 saturated carbocycles. The van der Waals surface area contributed by atoms with Crippen molar-refractivity contribution < 1.29 is 19.1 Å². The average Bonchev–Trinajstić information content (AvgIpc) is 2.92. The van der Waals surface area contributed by atoms with Gasteiger partial charge in [0.15, 0.2) is 11.5 Å². The standard InChI is InChI=1S/C21H20ClNO4S/c1-3-26-17-9-8-14(11-18(17)27-4-2)12-19-20(24)23(21(25)28-19)13-15-6-5-7-16(22)10-15/h5-12H,3-4,13H2,1-2H3/b19-12-. The number of amides is 2.